The predicted octanol–water partition coefficient (Wildman–Crippen LogP) is 18.4. The number of hydrogen-bond donors (Lipinski definition) is 1. The molecule has 1 saturated heterocycles. The van der Waals surface area contributed by atoms with Crippen LogP contribution in [-0.4, -0.2) is 78.8 Å². The van der Waals surface area contributed by atoms with Crippen LogP contribution in [-0.2, 0) is 116 Å². The van der Waals surface area contributed by atoms with Gasteiger partial charge in [0, 0.05) is 25.7 Å². The van der Waals surface area contributed by atoms with Crippen LogP contribution in [0, 0.1) is 0 Å². The summed E-state index contributed by atoms with van der Waals surface area (Å²) >= 11 is 0. The molecule has 3 heterocycles. The van der Waals surface area contributed by atoms with E-state index in [4.69, 9.17) is 59.7 Å². The van der Waals surface area contributed by atoms with Crippen LogP contribution in [0.3, 0.4) is 0 Å². The van der Waals surface area contributed by atoms with Crippen LogP contribution >= 0.6 is 23.5 Å². The van der Waals surface area contributed by atoms with Crippen LogP contribution in [0.25, 0.3) is 0 Å². The number of fused-ring (bicyclic) bond motifs is 3. The number of carbonyl (C=O) groups is 2. The number of aliphatic hydroxyl groups is 1. The third kappa shape index (κ3) is 24.7. The molecule has 5 aliphatic rings. The van der Waals surface area contributed by atoms with Crippen LogP contribution in [0.2, 0.25) is 0 Å². The first-order chi connectivity index (χ1) is 44.8. The summed E-state index contributed by atoms with van der Waals surface area (Å²) in [6.45, 7) is 2.38. The number of ether oxygens (including phenoxy) is 4. The Labute approximate surface area is 548 Å². The van der Waals surface area contributed by atoms with Crippen LogP contribution in [0.15, 0.2) is 78.9 Å². The Bertz CT molecular complexity index is 2700. The molecule has 3 aromatic rings. The molecule has 2 aliphatic carbocycles. The first-order valence-corrected chi connectivity index (χ1v) is 39.5. The molecule has 516 valence electrons. The number of aliphatic hydroxyl groups excluding tert-OH is 1. The van der Waals surface area contributed by atoms with Gasteiger partial charge in [0.2, 0.25) is 0 Å². The van der Waals surface area contributed by atoms with E-state index < -0.39 is 97.1 Å². The van der Waals surface area contributed by atoms with Gasteiger partial charge in [-0.2, -0.15) is 0 Å². The smallest absolute Gasteiger partial charge is 0.462 e. The summed E-state index contributed by atoms with van der Waals surface area (Å²) in [6.07, 6.45) is 21.9. The first-order valence-electron chi connectivity index (χ1n) is 35.1. The van der Waals surface area contributed by atoms with E-state index in [0.717, 1.165) is 51.4 Å². The van der Waals surface area contributed by atoms with Crippen molar-refractivity contribution in [2.24, 2.45) is 0 Å². The molecule has 2 saturated carbocycles. The fraction of sp³-hybridized carbons (Fsp3) is 0.714. The quantitative estimate of drug-likeness (QED) is 0.0316. The maximum Gasteiger partial charge on any atom is 0.475 e. The lowest BCUT2D eigenvalue weighted by atomic mass is 9.85. The van der Waals surface area contributed by atoms with Crippen LogP contribution in [0.1, 0.15) is 254 Å². The zero-order chi connectivity index (χ0) is 64.8. The Morgan fingerprint density at radius 3 is 1.37 bits per heavy atom. The third-order valence-corrected chi connectivity index (χ3v) is 22.3. The maximum absolute atomic E-state index is 15.8. The normalized spacial score (nSPS) is 23.3. The van der Waals surface area contributed by atoms with Gasteiger partial charge in [0.25, 0.3) is 0 Å². The van der Waals surface area contributed by atoms with E-state index >= 15 is 4.57 Å². The van der Waals surface area contributed by atoms with Gasteiger partial charge < -0.3 is 24.1 Å². The van der Waals surface area contributed by atoms with Gasteiger partial charge in [-0.1, -0.05) is 253 Å². The van der Waals surface area contributed by atoms with Crippen molar-refractivity contribution in [3.8, 4) is 0 Å². The molecular weight excluding hydrogens is 1240 g/mol. The maximum atomic E-state index is 15.8. The second-order valence-corrected chi connectivity index (χ2v) is 30.5. The van der Waals surface area contributed by atoms with Gasteiger partial charge in [-0.15, -0.1) is 0 Å². The summed E-state index contributed by atoms with van der Waals surface area (Å²) in [4.78, 5) is 27.1. The fourth-order valence-corrected chi connectivity index (χ4v) is 16.8. The van der Waals surface area contributed by atoms with E-state index in [1.807, 2.05) is 30.3 Å². The van der Waals surface area contributed by atoms with E-state index in [1.165, 1.54) is 109 Å². The number of esters is 2. The fourth-order valence-electron chi connectivity index (χ4n) is 12.7. The van der Waals surface area contributed by atoms with E-state index in [9.17, 15) is 23.8 Å². The second-order valence-electron chi connectivity index (χ2n) is 25.6. The molecule has 2 unspecified atom stereocenters. The lowest BCUT2D eigenvalue weighted by Gasteiger charge is -2.45. The van der Waals surface area contributed by atoms with Crippen molar-refractivity contribution < 1.29 is 88.1 Å². The Balaban J connectivity index is 0.989. The molecule has 92 heavy (non-hydrogen) atoms. The van der Waals surface area contributed by atoms with E-state index in [1.54, 1.807) is 48.5 Å². The zero-order valence-electron chi connectivity index (χ0n) is 55.0. The highest BCUT2D eigenvalue weighted by Crippen LogP contribution is 2.62. The van der Waals surface area contributed by atoms with Crippen molar-refractivity contribution >= 4 is 35.4 Å². The molecule has 3 fully saturated rings. The predicted molar refractivity (Wildman–Crippen MR) is 350 cm³/mol. The SMILES string of the molecule is CCCCCCCCCCCCCCCC(=O)OCC(COP(=O)(OCc1ccccc1)O[C@H]1[C@H](O)[C@@H](OP2(=O)OCc3ccccc3CO2)[C@H](OP2(=O)OCc3ccccc3CO2)[C@H]2OC3(CCCCC3)O[C@H]21)OC(=O)CCCCCCCCCCCCCCC. The van der Waals surface area contributed by atoms with Gasteiger partial charge in [-0.3, -0.25) is 50.3 Å². The number of unbranched alkanes of at least 4 members (excludes halogenated alkanes) is 24. The van der Waals surface area contributed by atoms with Crippen LogP contribution < -0.4 is 0 Å². The Kier molecular flexibility index (Phi) is 32.3. The van der Waals surface area contributed by atoms with Gasteiger partial charge in [0.15, 0.2) is 11.9 Å². The van der Waals surface area contributed by atoms with Crippen LogP contribution in [0.5, 0.6) is 0 Å². The van der Waals surface area contributed by atoms with Gasteiger partial charge >= 0.3 is 35.4 Å². The standard InChI is InChI=1S/C70H107O19P3/c1-3-5-7-9-11-13-15-17-19-21-23-25-31-45-62(71)77-54-61(84-63(72)46-32-26-24-22-20-18-16-14-12-10-8-6-4-2)55-83-90(74,78-49-56-39-29-27-30-40-56)87-65-64(73)66(88-91(75)79-50-57-41-33-34-42-58(57)51-80-91)69(68-67(65)85-70(86-68)47-37-28-38-48-70)89-92(76)81-52-59-43-35-36-44-60(59)53-82-92/h27,29-30,33-36,39-44,61,64-69,73H,3-26,28,31-32,37-38,45-55H2,1-2H3/t61?,64-,65-,66+,67-,68-,69-,90?/m0/s1. The number of benzene rings is 3. The van der Waals surface area contributed by atoms with Gasteiger partial charge in [-0.25, -0.2) is 13.7 Å². The monoisotopic (exact) mass is 1340 g/mol. The molecule has 8 rings (SSSR count). The molecule has 0 aromatic heterocycles. The topological polar surface area (TPSA) is 226 Å². The molecular formula is C70H107O19P3. The van der Waals surface area contributed by atoms with Crippen molar-refractivity contribution in [1.82, 2.24) is 0 Å². The van der Waals surface area contributed by atoms with Crippen molar-refractivity contribution in [3.05, 3.63) is 107 Å². The molecule has 1 N–H and O–H groups in total. The molecule has 22 heteroatoms. The summed E-state index contributed by atoms with van der Waals surface area (Å²) in [7, 11) is -14.4. The lowest BCUT2D eigenvalue weighted by molar-refractivity contribution is -0.202. The summed E-state index contributed by atoms with van der Waals surface area (Å²) < 4.78 is 127. The van der Waals surface area contributed by atoms with Crippen molar-refractivity contribution in [3.63, 3.8) is 0 Å². The molecule has 0 amide bonds. The molecule has 8 atom stereocenters. The molecule has 1 spiro atoms. The number of rotatable bonds is 43. The summed E-state index contributed by atoms with van der Waals surface area (Å²) in [5.74, 6) is -2.33. The molecule has 3 aromatic carbocycles. The largest absolute Gasteiger partial charge is 0.475 e. The zero-order valence-corrected chi connectivity index (χ0v) is 57.7. The van der Waals surface area contributed by atoms with Gasteiger partial charge in [0.1, 0.15) is 43.2 Å². The molecule has 19 nitrogen and oxygen atoms in total. The molecule has 0 radical (unpaired) electrons. The number of carbonyl (C=O) groups excluding carboxylic acids is 2. The minimum absolute atomic E-state index is 0.0974. The molecule has 0 bridgehead atoms. The van der Waals surface area contributed by atoms with E-state index in [2.05, 4.69) is 13.8 Å². The highest BCUT2D eigenvalue weighted by Gasteiger charge is 2.65. The first kappa shape index (κ1) is 74.6. The average molecular weight is 1350 g/mol. The third-order valence-electron chi connectivity index (χ3n) is 18.1. The van der Waals surface area contributed by atoms with E-state index in [-0.39, 0.29) is 45.9 Å². The Morgan fingerprint density at radius 2 is 0.913 bits per heavy atom. The number of phosphoric acid groups is 3. The number of phosphoric ester groups is 3. The summed E-state index contributed by atoms with van der Waals surface area (Å²) in [5.41, 5.74) is 3.38. The minimum Gasteiger partial charge on any atom is -0.462 e. The van der Waals surface area contributed by atoms with Crippen molar-refractivity contribution in [2.75, 3.05) is 13.2 Å². The summed E-state index contributed by atoms with van der Waals surface area (Å²) in [6, 6.07) is 23.3. The Morgan fingerprint density at radius 1 is 0.511 bits per heavy atom. The van der Waals surface area contributed by atoms with E-state index in [0.29, 0.717) is 66.3 Å². The van der Waals surface area contributed by atoms with Gasteiger partial charge in [-0.05, 0) is 53.5 Å². The Hall–Kier alpha value is -3.19. The summed E-state index contributed by atoms with van der Waals surface area (Å²) in [5, 5.41) is 13.0. The minimum atomic E-state index is -5.03. The van der Waals surface area contributed by atoms with Crippen molar-refractivity contribution in [2.45, 2.75) is 307 Å². The second kappa shape index (κ2) is 39.9. The van der Waals surface area contributed by atoms with Crippen molar-refractivity contribution in [1.29, 1.82) is 0 Å². The van der Waals surface area contributed by atoms with Crippen LogP contribution in [0.4, 0.5) is 0 Å². The highest BCUT2D eigenvalue weighted by atomic mass is 31.2. The molecule has 3 aliphatic heterocycles. The number of hydrogen-bond acceptors (Lipinski definition) is 19. The van der Waals surface area contributed by atoms with Gasteiger partial charge in [0.05, 0.1) is 39.6 Å². The lowest BCUT2D eigenvalue weighted by Crippen LogP contribution is -2.64. The average Bonchev–Trinajstić information content (AvgIpc) is 1.53. The highest BCUT2D eigenvalue weighted by molar-refractivity contribution is 7.49.